The zero-order valence-electron chi connectivity index (χ0n) is 11.7. The van der Waals surface area contributed by atoms with E-state index in [-0.39, 0.29) is 5.91 Å². The average molecular weight is 280 g/mol. The van der Waals surface area contributed by atoms with Crippen LogP contribution in [-0.2, 0) is 0 Å². The molecule has 3 rings (SSSR count). The number of carbonyl (C=O) groups excluding carboxylic acids is 1. The first-order valence-corrected chi connectivity index (χ1v) is 6.90. The SMILES string of the molecule is CCNc1ccc(NC(=O)c2cc3ccccc3o2)cc1. The van der Waals surface area contributed by atoms with E-state index in [4.69, 9.17) is 4.42 Å². The number of amides is 1. The van der Waals surface area contributed by atoms with E-state index in [0.29, 0.717) is 11.3 Å². The third-order valence-corrected chi connectivity index (χ3v) is 3.17. The molecule has 2 aromatic carbocycles. The molecule has 0 bridgehead atoms. The third-order valence-electron chi connectivity index (χ3n) is 3.17. The van der Waals surface area contributed by atoms with Crippen molar-refractivity contribution in [1.82, 2.24) is 0 Å². The summed E-state index contributed by atoms with van der Waals surface area (Å²) in [7, 11) is 0. The summed E-state index contributed by atoms with van der Waals surface area (Å²) in [6.07, 6.45) is 0. The van der Waals surface area contributed by atoms with E-state index in [0.717, 1.165) is 23.3 Å². The average Bonchev–Trinajstić information content (AvgIpc) is 2.94. The van der Waals surface area contributed by atoms with Gasteiger partial charge in [0.1, 0.15) is 5.58 Å². The van der Waals surface area contributed by atoms with E-state index in [1.165, 1.54) is 0 Å². The fraction of sp³-hybridized carbons (Fsp3) is 0.118. The van der Waals surface area contributed by atoms with Crippen LogP contribution in [0.4, 0.5) is 11.4 Å². The second-order valence-corrected chi connectivity index (χ2v) is 4.71. The predicted molar refractivity (Wildman–Crippen MR) is 84.8 cm³/mol. The molecule has 0 unspecified atom stereocenters. The number of rotatable bonds is 4. The van der Waals surface area contributed by atoms with Crippen molar-refractivity contribution < 1.29 is 9.21 Å². The van der Waals surface area contributed by atoms with Crippen LogP contribution in [0.1, 0.15) is 17.5 Å². The van der Waals surface area contributed by atoms with Gasteiger partial charge >= 0.3 is 0 Å². The molecule has 1 amide bonds. The van der Waals surface area contributed by atoms with Gasteiger partial charge in [0, 0.05) is 23.3 Å². The van der Waals surface area contributed by atoms with E-state index < -0.39 is 0 Å². The van der Waals surface area contributed by atoms with Crippen LogP contribution >= 0.6 is 0 Å². The van der Waals surface area contributed by atoms with Crippen molar-refractivity contribution in [3.05, 3.63) is 60.4 Å². The third kappa shape index (κ3) is 2.89. The monoisotopic (exact) mass is 280 g/mol. The lowest BCUT2D eigenvalue weighted by atomic mass is 10.2. The van der Waals surface area contributed by atoms with Gasteiger partial charge in [-0.25, -0.2) is 0 Å². The van der Waals surface area contributed by atoms with Crippen LogP contribution in [0.15, 0.2) is 59.0 Å². The lowest BCUT2D eigenvalue weighted by molar-refractivity contribution is 0.0998. The van der Waals surface area contributed by atoms with Crippen LogP contribution in [0.5, 0.6) is 0 Å². The van der Waals surface area contributed by atoms with Crippen LogP contribution in [0, 0.1) is 0 Å². The molecule has 1 aromatic heterocycles. The van der Waals surface area contributed by atoms with Crippen molar-refractivity contribution in [1.29, 1.82) is 0 Å². The normalized spacial score (nSPS) is 10.5. The Bertz CT molecular complexity index is 727. The van der Waals surface area contributed by atoms with Crippen LogP contribution in [-0.4, -0.2) is 12.5 Å². The molecule has 2 N–H and O–H groups in total. The van der Waals surface area contributed by atoms with Crippen LogP contribution in [0.2, 0.25) is 0 Å². The van der Waals surface area contributed by atoms with Gasteiger partial charge in [-0.1, -0.05) is 18.2 Å². The number of anilines is 2. The van der Waals surface area contributed by atoms with Crippen molar-refractivity contribution in [3.63, 3.8) is 0 Å². The Kier molecular flexibility index (Phi) is 3.60. The molecule has 4 nitrogen and oxygen atoms in total. The van der Waals surface area contributed by atoms with E-state index in [2.05, 4.69) is 10.6 Å². The number of furan rings is 1. The van der Waals surface area contributed by atoms with Crippen molar-refractivity contribution in [2.24, 2.45) is 0 Å². The Balaban J connectivity index is 1.76. The predicted octanol–water partition coefficient (Wildman–Crippen LogP) is 4.12. The summed E-state index contributed by atoms with van der Waals surface area (Å²) in [5.41, 5.74) is 2.48. The second-order valence-electron chi connectivity index (χ2n) is 4.71. The first-order valence-electron chi connectivity index (χ1n) is 6.90. The van der Waals surface area contributed by atoms with Crippen molar-refractivity contribution >= 4 is 28.3 Å². The zero-order chi connectivity index (χ0) is 14.7. The van der Waals surface area contributed by atoms with Gasteiger partial charge in [-0.15, -0.1) is 0 Å². The van der Waals surface area contributed by atoms with Crippen LogP contribution < -0.4 is 10.6 Å². The fourth-order valence-electron chi connectivity index (χ4n) is 2.16. The van der Waals surface area contributed by atoms with Crippen molar-refractivity contribution in [3.8, 4) is 0 Å². The highest BCUT2D eigenvalue weighted by atomic mass is 16.3. The summed E-state index contributed by atoms with van der Waals surface area (Å²) in [6, 6.07) is 16.9. The summed E-state index contributed by atoms with van der Waals surface area (Å²) >= 11 is 0. The van der Waals surface area contributed by atoms with Crippen molar-refractivity contribution in [2.75, 3.05) is 17.2 Å². The topological polar surface area (TPSA) is 54.3 Å². The molecule has 0 aliphatic carbocycles. The Morgan fingerprint density at radius 1 is 1.05 bits per heavy atom. The summed E-state index contributed by atoms with van der Waals surface area (Å²) in [5, 5.41) is 6.96. The maximum absolute atomic E-state index is 12.2. The zero-order valence-corrected chi connectivity index (χ0v) is 11.7. The van der Waals surface area contributed by atoms with E-state index in [1.807, 2.05) is 55.5 Å². The lowest BCUT2D eigenvalue weighted by Crippen LogP contribution is -2.10. The summed E-state index contributed by atoms with van der Waals surface area (Å²) < 4.78 is 5.54. The molecule has 1 heterocycles. The number of benzene rings is 2. The molecule has 0 aliphatic rings. The number of para-hydroxylation sites is 1. The fourth-order valence-corrected chi connectivity index (χ4v) is 2.16. The van der Waals surface area contributed by atoms with E-state index in [1.54, 1.807) is 6.07 Å². The molecule has 3 aromatic rings. The van der Waals surface area contributed by atoms with Gasteiger partial charge in [0.25, 0.3) is 5.91 Å². The van der Waals surface area contributed by atoms with Gasteiger partial charge < -0.3 is 15.1 Å². The lowest BCUT2D eigenvalue weighted by Gasteiger charge is -2.06. The highest BCUT2D eigenvalue weighted by Crippen LogP contribution is 2.20. The first-order chi connectivity index (χ1) is 10.3. The van der Waals surface area contributed by atoms with Gasteiger partial charge in [-0.2, -0.15) is 0 Å². The molecular weight excluding hydrogens is 264 g/mol. The minimum absolute atomic E-state index is 0.248. The minimum atomic E-state index is -0.248. The minimum Gasteiger partial charge on any atom is -0.451 e. The maximum Gasteiger partial charge on any atom is 0.291 e. The molecule has 0 fully saturated rings. The number of nitrogens with one attached hydrogen (secondary N) is 2. The smallest absolute Gasteiger partial charge is 0.291 e. The number of hydrogen-bond acceptors (Lipinski definition) is 3. The van der Waals surface area contributed by atoms with E-state index >= 15 is 0 Å². The molecule has 0 aliphatic heterocycles. The molecule has 0 atom stereocenters. The van der Waals surface area contributed by atoms with Crippen molar-refractivity contribution in [2.45, 2.75) is 6.92 Å². The van der Waals surface area contributed by atoms with Gasteiger partial charge in [-0.3, -0.25) is 4.79 Å². The summed E-state index contributed by atoms with van der Waals surface area (Å²) in [6.45, 7) is 2.90. The molecule has 106 valence electrons. The second kappa shape index (κ2) is 5.71. The van der Waals surface area contributed by atoms with Gasteiger partial charge in [0.2, 0.25) is 0 Å². The Morgan fingerprint density at radius 3 is 2.48 bits per heavy atom. The summed E-state index contributed by atoms with van der Waals surface area (Å²) in [4.78, 5) is 12.2. The Hall–Kier alpha value is -2.75. The van der Waals surface area contributed by atoms with E-state index in [9.17, 15) is 4.79 Å². The maximum atomic E-state index is 12.2. The number of hydrogen-bond donors (Lipinski definition) is 2. The number of fused-ring (bicyclic) bond motifs is 1. The highest BCUT2D eigenvalue weighted by Gasteiger charge is 2.12. The standard InChI is InChI=1S/C17H16N2O2/c1-2-18-13-7-9-14(10-8-13)19-17(20)16-11-12-5-3-4-6-15(12)21-16/h3-11,18H,2H2,1H3,(H,19,20). The molecule has 4 heteroatoms. The number of carbonyl (C=O) groups is 1. The molecule has 21 heavy (non-hydrogen) atoms. The Labute approximate surface area is 122 Å². The van der Waals surface area contributed by atoms with Gasteiger partial charge in [0.15, 0.2) is 5.76 Å². The Morgan fingerprint density at radius 2 is 1.76 bits per heavy atom. The molecule has 0 saturated carbocycles. The largest absolute Gasteiger partial charge is 0.451 e. The molecule has 0 spiro atoms. The molecule has 0 radical (unpaired) electrons. The first kappa shape index (κ1) is 13.2. The quantitative estimate of drug-likeness (QED) is 0.756. The van der Waals surface area contributed by atoms with Gasteiger partial charge in [0.05, 0.1) is 0 Å². The van der Waals surface area contributed by atoms with Gasteiger partial charge in [-0.05, 0) is 43.3 Å². The van der Waals surface area contributed by atoms with Crippen LogP contribution in [0.3, 0.4) is 0 Å². The highest BCUT2D eigenvalue weighted by molar-refractivity contribution is 6.04. The molecular formula is C17H16N2O2. The summed E-state index contributed by atoms with van der Waals surface area (Å²) in [5.74, 6) is 0.0642. The molecule has 0 saturated heterocycles. The van der Waals surface area contributed by atoms with Crippen LogP contribution in [0.25, 0.3) is 11.0 Å².